The van der Waals surface area contributed by atoms with Crippen LogP contribution < -0.4 is 10.9 Å². The van der Waals surface area contributed by atoms with Crippen molar-refractivity contribution in [1.29, 1.82) is 0 Å². The summed E-state index contributed by atoms with van der Waals surface area (Å²) in [6.07, 6.45) is 4.52. The molecule has 13 heavy (non-hydrogen) atoms. The quantitative estimate of drug-likeness (QED) is 0.658. The molecule has 1 saturated heterocycles. The van der Waals surface area contributed by atoms with Crippen LogP contribution >= 0.6 is 0 Å². The van der Waals surface area contributed by atoms with E-state index in [9.17, 15) is 4.79 Å². The van der Waals surface area contributed by atoms with Crippen molar-refractivity contribution in [3.63, 3.8) is 0 Å². The van der Waals surface area contributed by atoms with E-state index >= 15 is 0 Å². The van der Waals surface area contributed by atoms with Crippen LogP contribution in [0.1, 0.15) is 25.7 Å². The Hall–Kier alpha value is -0.610. The summed E-state index contributed by atoms with van der Waals surface area (Å²) >= 11 is 0. The standard InChI is InChI=1S/C9H16N2O2/c12-9-4-8(5-10-11-9)13-6-7-2-1-3-7/h7-8,10H,1-6H2,(H,11,12). The van der Waals surface area contributed by atoms with E-state index in [1.54, 1.807) is 0 Å². The third kappa shape index (κ3) is 2.42. The molecule has 1 atom stereocenters. The van der Waals surface area contributed by atoms with E-state index in [1.807, 2.05) is 0 Å². The SMILES string of the molecule is O=C1CC(OCC2CCC2)CNN1. The Morgan fingerprint density at radius 1 is 1.46 bits per heavy atom. The highest BCUT2D eigenvalue weighted by Crippen LogP contribution is 2.26. The number of nitrogens with one attached hydrogen (secondary N) is 2. The van der Waals surface area contributed by atoms with Gasteiger partial charge in [-0.05, 0) is 18.8 Å². The number of hydrogen-bond acceptors (Lipinski definition) is 3. The lowest BCUT2D eigenvalue weighted by molar-refractivity contribution is -0.128. The van der Waals surface area contributed by atoms with E-state index in [0.29, 0.717) is 6.42 Å². The topological polar surface area (TPSA) is 50.4 Å². The average Bonchev–Trinajstić information content (AvgIpc) is 2.01. The van der Waals surface area contributed by atoms with Gasteiger partial charge in [-0.1, -0.05) is 6.42 Å². The van der Waals surface area contributed by atoms with Gasteiger partial charge in [-0.3, -0.25) is 10.2 Å². The number of hydrogen-bond donors (Lipinski definition) is 2. The second kappa shape index (κ2) is 4.07. The Morgan fingerprint density at radius 3 is 2.92 bits per heavy atom. The predicted octanol–water partition coefficient (Wildman–Crippen LogP) is 0.196. The first-order valence-corrected chi connectivity index (χ1v) is 4.98. The smallest absolute Gasteiger partial charge is 0.236 e. The highest BCUT2D eigenvalue weighted by atomic mass is 16.5. The van der Waals surface area contributed by atoms with E-state index in [0.717, 1.165) is 19.1 Å². The molecule has 0 radical (unpaired) electrons. The number of hydrazine groups is 1. The second-order valence-corrected chi connectivity index (χ2v) is 3.89. The molecular weight excluding hydrogens is 168 g/mol. The monoisotopic (exact) mass is 184 g/mol. The summed E-state index contributed by atoms with van der Waals surface area (Å²) in [5.41, 5.74) is 5.38. The molecule has 2 aliphatic rings. The lowest BCUT2D eigenvalue weighted by Crippen LogP contribution is -2.50. The third-order valence-electron chi connectivity index (χ3n) is 2.76. The molecule has 1 unspecified atom stereocenters. The minimum atomic E-state index is 0.0323. The molecule has 2 N–H and O–H groups in total. The molecule has 1 aliphatic carbocycles. The Kier molecular flexibility index (Phi) is 2.80. The Morgan fingerprint density at radius 2 is 2.31 bits per heavy atom. The fraction of sp³-hybridized carbons (Fsp3) is 0.889. The van der Waals surface area contributed by atoms with Crippen LogP contribution in [0.4, 0.5) is 0 Å². The van der Waals surface area contributed by atoms with Crippen molar-refractivity contribution in [3.8, 4) is 0 Å². The Balaban J connectivity index is 1.65. The van der Waals surface area contributed by atoms with Crippen molar-refractivity contribution in [2.24, 2.45) is 5.92 Å². The summed E-state index contributed by atoms with van der Waals surface area (Å²) in [6, 6.07) is 0. The van der Waals surface area contributed by atoms with Gasteiger partial charge in [0.15, 0.2) is 0 Å². The van der Waals surface area contributed by atoms with E-state index < -0.39 is 0 Å². The van der Waals surface area contributed by atoms with Gasteiger partial charge in [0.25, 0.3) is 0 Å². The second-order valence-electron chi connectivity index (χ2n) is 3.89. The third-order valence-corrected chi connectivity index (χ3v) is 2.76. The summed E-state index contributed by atoms with van der Waals surface area (Å²) in [7, 11) is 0. The van der Waals surface area contributed by atoms with E-state index in [4.69, 9.17) is 4.74 Å². The maximum atomic E-state index is 10.9. The first-order chi connectivity index (χ1) is 6.34. The van der Waals surface area contributed by atoms with Crippen LogP contribution in [-0.4, -0.2) is 25.2 Å². The van der Waals surface area contributed by atoms with Gasteiger partial charge >= 0.3 is 0 Å². The van der Waals surface area contributed by atoms with Gasteiger partial charge in [0.05, 0.1) is 12.5 Å². The van der Waals surface area contributed by atoms with Crippen LogP contribution in [0.5, 0.6) is 0 Å². The highest BCUT2D eigenvalue weighted by Gasteiger charge is 2.23. The van der Waals surface area contributed by atoms with E-state index in [1.165, 1.54) is 19.3 Å². The van der Waals surface area contributed by atoms with Gasteiger partial charge in [-0.2, -0.15) is 0 Å². The summed E-state index contributed by atoms with van der Waals surface area (Å²) in [4.78, 5) is 10.9. The van der Waals surface area contributed by atoms with Crippen LogP contribution in [0.25, 0.3) is 0 Å². The molecular formula is C9H16N2O2. The first kappa shape index (κ1) is 8.97. The fourth-order valence-corrected chi connectivity index (χ4v) is 1.64. The molecule has 0 aromatic rings. The van der Waals surface area contributed by atoms with Crippen molar-refractivity contribution < 1.29 is 9.53 Å². The van der Waals surface area contributed by atoms with Crippen LogP contribution in [0.2, 0.25) is 0 Å². The number of ether oxygens (including phenoxy) is 1. The molecule has 0 aromatic carbocycles. The number of carbonyl (C=O) groups is 1. The van der Waals surface area contributed by atoms with Gasteiger partial charge in [0.2, 0.25) is 5.91 Å². The number of carbonyl (C=O) groups excluding carboxylic acids is 1. The van der Waals surface area contributed by atoms with Gasteiger partial charge < -0.3 is 4.74 Å². The molecule has 1 amide bonds. The van der Waals surface area contributed by atoms with Gasteiger partial charge in [-0.15, -0.1) is 0 Å². The summed E-state index contributed by atoms with van der Waals surface area (Å²) in [6.45, 7) is 1.57. The average molecular weight is 184 g/mol. The molecule has 0 spiro atoms. The van der Waals surface area contributed by atoms with Crippen LogP contribution in [-0.2, 0) is 9.53 Å². The molecule has 0 bridgehead atoms. The zero-order valence-electron chi connectivity index (χ0n) is 7.71. The van der Waals surface area contributed by atoms with Crippen LogP contribution in [0.15, 0.2) is 0 Å². The molecule has 0 aromatic heterocycles. The van der Waals surface area contributed by atoms with Crippen LogP contribution in [0.3, 0.4) is 0 Å². The number of amides is 1. The molecule has 4 nitrogen and oxygen atoms in total. The van der Waals surface area contributed by atoms with Crippen molar-refractivity contribution in [3.05, 3.63) is 0 Å². The molecule has 1 saturated carbocycles. The normalized spacial score (nSPS) is 29.5. The lowest BCUT2D eigenvalue weighted by Gasteiger charge is -2.29. The maximum Gasteiger partial charge on any atom is 0.236 e. The molecule has 1 heterocycles. The van der Waals surface area contributed by atoms with Gasteiger partial charge in [0.1, 0.15) is 0 Å². The van der Waals surface area contributed by atoms with E-state index in [-0.39, 0.29) is 12.0 Å². The molecule has 4 heteroatoms. The first-order valence-electron chi connectivity index (χ1n) is 4.98. The van der Waals surface area contributed by atoms with Crippen molar-refractivity contribution in [2.45, 2.75) is 31.8 Å². The summed E-state index contributed by atoms with van der Waals surface area (Å²) < 4.78 is 5.63. The minimum absolute atomic E-state index is 0.0323. The highest BCUT2D eigenvalue weighted by molar-refractivity contribution is 5.76. The van der Waals surface area contributed by atoms with Gasteiger partial charge in [-0.25, -0.2) is 5.43 Å². The van der Waals surface area contributed by atoms with Crippen molar-refractivity contribution in [1.82, 2.24) is 10.9 Å². The zero-order valence-corrected chi connectivity index (χ0v) is 7.71. The Bertz CT molecular complexity index is 192. The predicted molar refractivity (Wildman–Crippen MR) is 47.8 cm³/mol. The summed E-state index contributed by atoms with van der Waals surface area (Å²) in [5.74, 6) is 0.787. The van der Waals surface area contributed by atoms with Gasteiger partial charge in [0, 0.05) is 13.2 Å². The van der Waals surface area contributed by atoms with Crippen LogP contribution in [0, 0.1) is 5.92 Å². The molecule has 1 aliphatic heterocycles. The lowest BCUT2D eigenvalue weighted by atomic mass is 9.86. The zero-order chi connectivity index (χ0) is 9.10. The Labute approximate surface area is 78.0 Å². The molecule has 74 valence electrons. The largest absolute Gasteiger partial charge is 0.376 e. The number of rotatable bonds is 3. The summed E-state index contributed by atoms with van der Waals surface area (Å²) in [5, 5.41) is 0. The van der Waals surface area contributed by atoms with E-state index in [2.05, 4.69) is 10.9 Å². The van der Waals surface area contributed by atoms with Crippen molar-refractivity contribution in [2.75, 3.05) is 13.2 Å². The maximum absolute atomic E-state index is 10.9. The molecule has 2 fully saturated rings. The fourth-order valence-electron chi connectivity index (χ4n) is 1.64. The minimum Gasteiger partial charge on any atom is -0.376 e. The van der Waals surface area contributed by atoms with Crippen molar-refractivity contribution >= 4 is 5.91 Å². The molecule has 2 rings (SSSR count).